The fourth-order valence-corrected chi connectivity index (χ4v) is 2.56. The maximum atomic E-state index is 5.52. The highest BCUT2D eigenvalue weighted by Crippen LogP contribution is 2.25. The average molecular weight is 262 g/mol. The molecule has 19 heavy (non-hydrogen) atoms. The van der Waals surface area contributed by atoms with Crippen molar-refractivity contribution >= 4 is 5.69 Å². The molecule has 0 saturated carbocycles. The van der Waals surface area contributed by atoms with Gasteiger partial charge in [0.05, 0.1) is 13.2 Å². The van der Waals surface area contributed by atoms with Crippen LogP contribution in [0.3, 0.4) is 0 Å². The van der Waals surface area contributed by atoms with Crippen molar-refractivity contribution < 1.29 is 4.74 Å². The molecule has 1 aliphatic heterocycles. The molecule has 2 rings (SSSR count). The second kappa shape index (κ2) is 6.40. The van der Waals surface area contributed by atoms with Crippen molar-refractivity contribution in [3.05, 3.63) is 29.3 Å². The van der Waals surface area contributed by atoms with Gasteiger partial charge in [-0.1, -0.05) is 26.0 Å². The maximum Gasteiger partial charge on any atom is 0.0637 e. The molecule has 1 fully saturated rings. The number of hydrogen-bond acceptors (Lipinski definition) is 3. The molecule has 1 unspecified atom stereocenters. The van der Waals surface area contributed by atoms with Gasteiger partial charge >= 0.3 is 0 Å². The zero-order valence-electron chi connectivity index (χ0n) is 12.6. The molecule has 3 nitrogen and oxygen atoms in total. The molecule has 1 aromatic rings. The zero-order valence-corrected chi connectivity index (χ0v) is 12.6. The molecule has 106 valence electrons. The number of ether oxygens (including phenoxy) is 1. The summed E-state index contributed by atoms with van der Waals surface area (Å²) >= 11 is 0. The number of likely N-dealkylation sites (N-methyl/N-ethyl adjacent to an activating group) is 1. The van der Waals surface area contributed by atoms with Gasteiger partial charge in [0.1, 0.15) is 0 Å². The highest BCUT2D eigenvalue weighted by molar-refractivity contribution is 5.55. The van der Waals surface area contributed by atoms with E-state index >= 15 is 0 Å². The lowest BCUT2D eigenvalue weighted by atomic mass is 10.00. The first-order valence-corrected chi connectivity index (χ1v) is 7.20. The Balaban J connectivity index is 2.08. The third kappa shape index (κ3) is 3.71. The molecule has 1 N–H and O–H groups in total. The Hall–Kier alpha value is -1.06. The summed E-state index contributed by atoms with van der Waals surface area (Å²) in [6.45, 7) is 10.3. The average Bonchev–Trinajstić information content (AvgIpc) is 2.40. The van der Waals surface area contributed by atoms with E-state index in [2.05, 4.69) is 56.2 Å². The molecule has 3 heteroatoms. The van der Waals surface area contributed by atoms with Gasteiger partial charge in [-0.3, -0.25) is 0 Å². The first kappa shape index (κ1) is 14.4. The van der Waals surface area contributed by atoms with E-state index in [0.29, 0.717) is 12.0 Å². The van der Waals surface area contributed by atoms with E-state index in [9.17, 15) is 0 Å². The Morgan fingerprint density at radius 3 is 2.84 bits per heavy atom. The van der Waals surface area contributed by atoms with Crippen LogP contribution >= 0.6 is 0 Å². The van der Waals surface area contributed by atoms with E-state index in [4.69, 9.17) is 4.74 Å². The number of anilines is 1. The van der Waals surface area contributed by atoms with Gasteiger partial charge < -0.3 is 15.0 Å². The molecule has 0 amide bonds. The van der Waals surface area contributed by atoms with Crippen molar-refractivity contribution in [2.24, 2.45) is 0 Å². The smallest absolute Gasteiger partial charge is 0.0637 e. The van der Waals surface area contributed by atoms with E-state index in [1.807, 2.05) is 0 Å². The number of morpholine rings is 1. The largest absolute Gasteiger partial charge is 0.378 e. The topological polar surface area (TPSA) is 24.5 Å². The van der Waals surface area contributed by atoms with Crippen LogP contribution in [-0.2, 0) is 4.74 Å². The fourth-order valence-electron chi connectivity index (χ4n) is 2.56. The van der Waals surface area contributed by atoms with Gasteiger partial charge in [-0.15, -0.1) is 0 Å². The molecular weight excluding hydrogens is 236 g/mol. The fraction of sp³-hybridized carbons (Fsp3) is 0.625. The van der Waals surface area contributed by atoms with Crippen LogP contribution in [-0.4, -0.2) is 39.4 Å². The SMILES string of the molecule is Cc1ccc(C(C)C)cc1N(C)CC1COCCN1. The van der Waals surface area contributed by atoms with Crippen molar-refractivity contribution in [1.29, 1.82) is 0 Å². The quantitative estimate of drug-likeness (QED) is 0.902. The van der Waals surface area contributed by atoms with E-state index < -0.39 is 0 Å². The predicted molar refractivity (Wildman–Crippen MR) is 81.1 cm³/mol. The van der Waals surface area contributed by atoms with Crippen LogP contribution in [0.25, 0.3) is 0 Å². The molecule has 0 bridgehead atoms. The minimum atomic E-state index is 0.431. The minimum absolute atomic E-state index is 0.431. The third-order valence-corrected chi connectivity index (χ3v) is 3.80. The molecule has 1 saturated heterocycles. The van der Waals surface area contributed by atoms with Gasteiger partial charge in [0.25, 0.3) is 0 Å². The monoisotopic (exact) mass is 262 g/mol. The number of nitrogens with zero attached hydrogens (tertiary/aromatic N) is 1. The van der Waals surface area contributed by atoms with Gasteiger partial charge in [0.2, 0.25) is 0 Å². The third-order valence-electron chi connectivity index (χ3n) is 3.80. The molecule has 1 heterocycles. The number of aryl methyl sites for hydroxylation is 1. The first-order valence-electron chi connectivity index (χ1n) is 7.20. The summed E-state index contributed by atoms with van der Waals surface area (Å²) in [4.78, 5) is 2.34. The van der Waals surface area contributed by atoms with Gasteiger partial charge in [-0.2, -0.15) is 0 Å². The van der Waals surface area contributed by atoms with E-state index in [1.54, 1.807) is 0 Å². The van der Waals surface area contributed by atoms with Crippen molar-refractivity contribution in [2.75, 3.05) is 38.3 Å². The lowest BCUT2D eigenvalue weighted by Gasteiger charge is -2.30. The number of hydrogen-bond donors (Lipinski definition) is 1. The molecule has 1 aromatic carbocycles. The zero-order chi connectivity index (χ0) is 13.8. The van der Waals surface area contributed by atoms with E-state index in [-0.39, 0.29) is 0 Å². The summed E-state index contributed by atoms with van der Waals surface area (Å²) in [6.07, 6.45) is 0. The Morgan fingerprint density at radius 1 is 1.42 bits per heavy atom. The standard InChI is InChI=1S/C16H26N2O/c1-12(2)14-6-5-13(3)16(9-14)18(4)10-15-11-19-8-7-17-15/h5-6,9,12,15,17H,7-8,10-11H2,1-4H3. The molecule has 0 spiro atoms. The first-order chi connectivity index (χ1) is 9.08. The Morgan fingerprint density at radius 2 is 2.21 bits per heavy atom. The summed E-state index contributed by atoms with van der Waals surface area (Å²) < 4.78 is 5.52. The van der Waals surface area contributed by atoms with Crippen LogP contribution in [0.1, 0.15) is 30.9 Å². The predicted octanol–water partition coefficient (Wildman–Crippen LogP) is 2.54. The highest BCUT2D eigenvalue weighted by Gasteiger charge is 2.16. The summed E-state index contributed by atoms with van der Waals surface area (Å²) in [5, 5.41) is 3.51. The molecule has 1 atom stereocenters. The second-order valence-electron chi connectivity index (χ2n) is 5.81. The van der Waals surface area contributed by atoms with Crippen LogP contribution in [0.15, 0.2) is 18.2 Å². The van der Waals surface area contributed by atoms with Gasteiger partial charge in [-0.25, -0.2) is 0 Å². The summed E-state index contributed by atoms with van der Waals surface area (Å²) in [6, 6.07) is 7.22. The van der Waals surface area contributed by atoms with Crippen molar-refractivity contribution in [2.45, 2.75) is 32.7 Å². The lowest BCUT2D eigenvalue weighted by Crippen LogP contribution is -2.47. The molecule has 1 aliphatic rings. The number of nitrogens with one attached hydrogen (secondary N) is 1. The second-order valence-corrected chi connectivity index (χ2v) is 5.81. The Bertz CT molecular complexity index is 411. The van der Waals surface area contributed by atoms with Crippen molar-refractivity contribution in [1.82, 2.24) is 5.32 Å². The minimum Gasteiger partial charge on any atom is -0.378 e. The van der Waals surface area contributed by atoms with Crippen LogP contribution in [0.2, 0.25) is 0 Å². The maximum absolute atomic E-state index is 5.52. The lowest BCUT2D eigenvalue weighted by molar-refractivity contribution is 0.0791. The molecule has 0 aliphatic carbocycles. The Labute approximate surface area is 116 Å². The normalized spacial score (nSPS) is 19.7. The van der Waals surface area contributed by atoms with Gasteiger partial charge in [-0.05, 0) is 30.0 Å². The van der Waals surface area contributed by atoms with Crippen LogP contribution < -0.4 is 10.2 Å². The van der Waals surface area contributed by atoms with E-state index in [0.717, 1.165) is 26.3 Å². The van der Waals surface area contributed by atoms with Gasteiger partial charge in [0.15, 0.2) is 0 Å². The van der Waals surface area contributed by atoms with Gasteiger partial charge in [0, 0.05) is 31.9 Å². The summed E-state index contributed by atoms with van der Waals surface area (Å²) in [5.74, 6) is 0.573. The van der Waals surface area contributed by atoms with Crippen LogP contribution in [0, 0.1) is 6.92 Å². The van der Waals surface area contributed by atoms with Crippen molar-refractivity contribution in [3.8, 4) is 0 Å². The summed E-state index contributed by atoms with van der Waals surface area (Å²) in [5.41, 5.74) is 4.07. The summed E-state index contributed by atoms with van der Waals surface area (Å²) in [7, 11) is 2.17. The van der Waals surface area contributed by atoms with Crippen molar-refractivity contribution in [3.63, 3.8) is 0 Å². The molecular formula is C16H26N2O. The number of rotatable bonds is 4. The molecule has 0 aromatic heterocycles. The Kier molecular flexibility index (Phi) is 4.83. The highest BCUT2D eigenvalue weighted by atomic mass is 16.5. The van der Waals surface area contributed by atoms with E-state index in [1.165, 1.54) is 16.8 Å². The molecule has 0 radical (unpaired) electrons. The van der Waals surface area contributed by atoms with Crippen LogP contribution in [0.4, 0.5) is 5.69 Å². The number of benzene rings is 1. The van der Waals surface area contributed by atoms with Crippen LogP contribution in [0.5, 0.6) is 0 Å².